The van der Waals surface area contributed by atoms with Crippen molar-refractivity contribution in [2.75, 3.05) is 5.32 Å². The Kier molecular flexibility index (Phi) is 4.81. The number of rotatable bonds is 5. The first-order chi connectivity index (χ1) is 10.0. The molecule has 110 valence electrons. The number of nitrogens with zero attached hydrogens (tertiary/aromatic N) is 1. The minimum Gasteiger partial charge on any atom is -0.435 e. The smallest absolute Gasteiger partial charge is 0.387 e. The first-order valence-corrected chi connectivity index (χ1v) is 6.29. The fraction of sp³-hybridized carbons (Fsp3) is 0.200. The third kappa shape index (κ3) is 4.83. The molecule has 21 heavy (non-hydrogen) atoms. The molecule has 2 rings (SSSR count). The monoisotopic (exact) mass is 292 g/mol. The maximum absolute atomic E-state index is 12.0. The number of nitrogens with one attached hydrogen (secondary N) is 1. The van der Waals surface area contributed by atoms with E-state index in [-0.39, 0.29) is 18.1 Å². The maximum atomic E-state index is 12.0. The van der Waals surface area contributed by atoms with Crippen LogP contribution in [0.1, 0.15) is 11.1 Å². The lowest BCUT2D eigenvalue weighted by Crippen LogP contribution is -2.15. The van der Waals surface area contributed by atoms with E-state index >= 15 is 0 Å². The van der Waals surface area contributed by atoms with Crippen LogP contribution < -0.4 is 10.1 Å². The molecule has 1 N–H and O–H groups in total. The Bertz CT molecular complexity index is 615. The van der Waals surface area contributed by atoms with Gasteiger partial charge in [-0.25, -0.2) is 4.98 Å². The number of ether oxygens (including phenoxy) is 1. The van der Waals surface area contributed by atoms with Gasteiger partial charge in [0.2, 0.25) is 5.91 Å². The summed E-state index contributed by atoms with van der Waals surface area (Å²) in [6.45, 7) is -0.953. The minimum absolute atomic E-state index is 0.0644. The van der Waals surface area contributed by atoms with Gasteiger partial charge in [-0.2, -0.15) is 8.78 Å². The summed E-state index contributed by atoms with van der Waals surface area (Å²) in [6.07, 6.45) is 1.74. The fourth-order valence-corrected chi connectivity index (χ4v) is 1.77. The van der Waals surface area contributed by atoms with Crippen molar-refractivity contribution >= 4 is 11.7 Å². The number of pyridine rings is 1. The molecule has 0 spiro atoms. The number of alkyl halides is 2. The van der Waals surface area contributed by atoms with E-state index < -0.39 is 6.61 Å². The van der Waals surface area contributed by atoms with E-state index in [1.807, 2.05) is 13.0 Å². The Balaban J connectivity index is 1.93. The summed E-state index contributed by atoms with van der Waals surface area (Å²) in [6, 6.07) is 9.54. The van der Waals surface area contributed by atoms with Gasteiger partial charge in [-0.1, -0.05) is 12.1 Å². The average molecular weight is 292 g/mol. The van der Waals surface area contributed by atoms with Gasteiger partial charge in [0.25, 0.3) is 0 Å². The second-order valence-electron chi connectivity index (χ2n) is 4.47. The van der Waals surface area contributed by atoms with Gasteiger partial charge in [0, 0.05) is 6.20 Å². The lowest BCUT2D eigenvalue weighted by atomic mass is 10.1. The van der Waals surface area contributed by atoms with Crippen LogP contribution in [0.15, 0.2) is 42.6 Å². The van der Waals surface area contributed by atoms with Crippen molar-refractivity contribution in [1.29, 1.82) is 0 Å². The third-order valence-electron chi connectivity index (χ3n) is 2.70. The van der Waals surface area contributed by atoms with Crippen LogP contribution in [0.2, 0.25) is 0 Å². The molecule has 6 heteroatoms. The molecule has 2 aromatic rings. The van der Waals surface area contributed by atoms with Gasteiger partial charge >= 0.3 is 6.61 Å². The van der Waals surface area contributed by atoms with E-state index in [1.54, 1.807) is 24.4 Å². The number of aryl methyl sites for hydroxylation is 1. The highest BCUT2D eigenvalue weighted by molar-refractivity contribution is 5.91. The SMILES string of the molecule is Cc1ccnc(NC(=O)Cc2ccc(OC(F)F)cc2)c1. The summed E-state index contributed by atoms with van der Waals surface area (Å²) in [5.41, 5.74) is 1.69. The van der Waals surface area contributed by atoms with E-state index in [0.717, 1.165) is 5.56 Å². The summed E-state index contributed by atoms with van der Waals surface area (Å²) in [5.74, 6) is 0.322. The van der Waals surface area contributed by atoms with Crippen molar-refractivity contribution < 1.29 is 18.3 Å². The summed E-state index contributed by atoms with van der Waals surface area (Å²) < 4.78 is 28.3. The van der Waals surface area contributed by atoms with Gasteiger partial charge in [-0.3, -0.25) is 4.79 Å². The molecule has 0 saturated heterocycles. The number of aromatic nitrogens is 1. The quantitative estimate of drug-likeness (QED) is 0.921. The molecule has 1 aromatic heterocycles. The van der Waals surface area contributed by atoms with E-state index in [0.29, 0.717) is 11.4 Å². The second kappa shape index (κ2) is 6.78. The molecule has 0 fully saturated rings. The van der Waals surface area contributed by atoms with Crippen LogP contribution >= 0.6 is 0 Å². The van der Waals surface area contributed by atoms with Gasteiger partial charge in [0.1, 0.15) is 11.6 Å². The van der Waals surface area contributed by atoms with Crippen LogP contribution in [0.4, 0.5) is 14.6 Å². The highest BCUT2D eigenvalue weighted by Gasteiger charge is 2.07. The Morgan fingerprint density at radius 3 is 2.62 bits per heavy atom. The number of carbonyl (C=O) groups is 1. The summed E-state index contributed by atoms with van der Waals surface area (Å²) in [7, 11) is 0. The Labute approximate surface area is 120 Å². The zero-order valence-electron chi connectivity index (χ0n) is 11.3. The molecule has 0 aliphatic rings. The number of hydrogen-bond acceptors (Lipinski definition) is 3. The lowest BCUT2D eigenvalue weighted by molar-refractivity contribution is -0.115. The van der Waals surface area contributed by atoms with Crippen LogP contribution in [0.25, 0.3) is 0 Å². The second-order valence-corrected chi connectivity index (χ2v) is 4.47. The van der Waals surface area contributed by atoms with Crippen molar-refractivity contribution in [2.45, 2.75) is 20.0 Å². The van der Waals surface area contributed by atoms with Crippen molar-refractivity contribution in [3.8, 4) is 5.75 Å². The molecular weight excluding hydrogens is 278 g/mol. The van der Waals surface area contributed by atoms with Gasteiger partial charge in [-0.05, 0) is 42.3 Å². The van der Waals surface area contributed by atoms with Gasteiger partial charge in [0.05, 0.1) is 6.42 Å². The van der Waals surface area contributed by atoms with E-state index in [1.165, 1.54) is 12.1 Å². The van der Waals surface area contributed by atoms with Crippen molar-refractivity contribution in [3.05, 3.63) is 53.7 Å². The standard InChI is InChI=1S/C15H14F2N2O2/c1-10-6-7-18-13(8-10)19-14(20)9-11-2-4-12(5-3-11)21-15(16)17/h2-8,15H,9H2,1H3,(H,18,19,20). The van der Waals surface area contributed by atoms with Crippen molar-refractivity contribution in [3.63, 3.8) is 0 Å². The first-order valence-electron chi connectivity index (χ1n) is 6.29. The van der Waals surface area contributed by atoms with Crippen LogP contribution in [-0.4, -0.2) is 17.5 Å². The van der Waals surface area contributed by atoms with Crippen LogP contribution in [0, 0.1) is 6.92 Å². The minimum atomic E-state index is -2.86. The summed E-state index contributed by atoms with van der Waals surface area (Å²) >= 11 is 0. The number of benzene rings is 1. The van der Waals surface area contributed by atoms with Gasteiger partial charge < -0.3 is 10.1 Å². The number of carbonyl (C=O) groups excluding carboxylic acids is 1. The molecule has 0 unspecified atom stereocenters. The van der Waals surface area contributed by atoms with E-state index in [2.05, 4.69) is 15.0 Å². The molecule has 0 saturated carbocycles. The van der Waals surface area contributed by atoms with Crippen LogP contribution in [0.3, 0.4) is 0 Å². The normalized spacial score (nSPS) is 10.5. The largest absolute Gasteiger partial charge is 0.435 e. The topological polar surface area (TPSA) is 51.2 Å². The molecule has 0 aliphatic heterocycles. The Hall–Kier alpha value is -2.50. The zero-order valence-corrected chi connectivity index (χ0v) is 11.3. The fourth-order valence-electron chi connectivity index (χ4n) is 1.77. The lowest BCUT2D eigenvalue weighted by Gasteiger charge is -2.07. The average Bonchev–Trinajstić information content (AvgIpc) is 2.40. The Morgan fingerprint density at radius 1 is 1.29 bits per heavy atom. The maximum Gasteiger partial charge on any atom is 0.387 e. The predicted octanol–water partition coefficient (Wildman–Crippen LogP) is 3.17. The highest BCUT2D eigenvalue weighted by Crippen LogP contribution is 2.15. The van der Waals surface area contributed by atoms with E-state index in [4.69, 9.17) is 0 Å². The van der Waals surface area contributed by atoms with Crippen LogP contribution in [0.5, 0.6) is 5.75 Å². The molecule has 0 bridgehead atoms. The number of anilines is 1. The van der Waals surface area contributed by atoms with E-state index in [9.17, 15) is 13.6 Å². The van der Waals surface area contributed by atoms with Crippen LogP contribution in [-0.2, 0) is 11.2 Å². The number of amides is 1. The predicted molar refractivity (Wildman–Crippen MR) is 74.4 cm³/mol. The molecule has 4 nitrogen and oxygen atoms in total. The highest BCUT2D eigenvalue weighted by atomic mass is 19.3. The van der Waals surface area contributed by atoms with Gasteiger partial charge in [-0.15, -0.1) is 0 Å². The summed E-state index contributed by atoms with van der Waals surface area (Å²) in [4.78, 5) is 15.9. The molecule has 0 atom stereocenters. The summed E-state index contributed by atoms with van der Waals surface area (Å²) in [5, 5.41) is 2.68. The first kappa shape index (κ1) is 14.9. The van der Waals surface area contributed by atoms with Gasteiger partial charge in [0.15, 0.2) is 0 Å². The number of hydrogen-bond donors (Lipinski definition) is 1. The van der Waals surface area contributed by atoms with Crippen molar-refractivity contribution in [1.82, 2.24) is 4.98 Å². The zero-order chi connectivity index (χ0) is 15.2. The Morgan fingerprint density at radius 2 is 2.00 bits per heavy atom. The number of halogens is 2. The molecule has 1 heterocycles. The molecule has 1 aromatic carbocycles. The molecule has 0 aliphatic carbocycles. The molecular formula is C15H14F2N2O2. The molecule has 0 radical (unpaired) electrons. The van der Waals surface area contributed by atoms with Crippen molar-refractivity contribution in [2.24, 2.45) is 0 Å². The molecule has 1 amide bonds. The third-order valence-corrected chi connectivity index (χ3v) is 2.70.